The summed E-state index contributed by atoms with van der Waals surface area (Å²) in [4.78, 5) is 27.2. The number of aryl methyl sites for hydroxylation is 1. The lowest BCUT2D eigenvalue weighted by atomic mass is 10.1. The number of hydrogen-bond donors (Lipinski definition) is 2. The van der Waals surface area contributed by atoms with Crippen molar-refractivity contribution in [3.8, 4) is 17.0 Å². The number of rotatable bonds is 7. The molecular formula is C25H28FN7O2. The van der Waals surface area contributed by atoms with Gasteiger partial charge in [0, 0.05) is 37.6 Å². The Labute approximate surface area is 203 Å². The number of halogens is 1. The van der Waals surface area contributed by atoms with Gasteiger partial charge in [0.05, 0.1) is 25.6 Å². The predicted octanol–water partition coefficient (Wildman–Crippen LogP) is 4.12. The van der Waals surface area contributed by atoms with Crippen molar-refractivity contribution in [2.24, 2.45) is 22.8 Å². The monoisotopic (exact) mass is 477 g/mol. The number of amidine groups is 1. The van der Waals surface area contributed by atoms with E-state index >= 15 is 0 Å². The lowest BCUT2D eigenvalue weighted by molar-refractivity contribution is 0.222. The second-order valence-electron chi connectivity index (χ2n) is 8.20. The molecule has 1 aliphatic rings. The van der Waals surface area contributed by atoms with Gasteiger partial charge >= 0.3 is 6.03 Å². The van der Waals surface area contributed by atoms with Gasteiger partial charge in [-0.05, 0) is 48.7 Å². The molecule has 1 aromatic heterocycles. The van der Waals surface area contributed by atoms with Gasteiger partial charge in [-0.25, -0.2) is 19.2 Å². The Bertz CT molecular complexity index is 1250. The number of imidazole rings is 1. The molecule has 0 aliphatic carbocycles. The van der Waals surface area contributed by atoms with Crippen molar-refractivity contribution < 1.29 is 13.9 Å². The number of nitrogens with one attached hydrogen (secondary N) is 1. The van der Waals surface area contributed by atoms with E-state index in [2.05, 4.69) is 20.3 Å². The minimum atomic E-state index is -0.446. The molecule has 1 aliphatic heterocycles. The summed E-state index contributed by atoms with van der Waals surface area (Å²) >= 11 is 0. The van der Waals surface area contributed by atoms with E-state index in [0.29, 0.717) is 23.9 Å². The summed E-state index contributed by atoms with van der Waals surface area (Å²) in [6.07, 6.45) is 5.08. The van der Waals surface area contributed by atoms with E-state index in [1.54, 1.807) is 35.9 Å². The standard InChI is InChI=1S/C25H28FN7O2/c1-32-16-22(20-13-18(7-10-21(20)26)30-25(34)33-11-3-4-12-33)31-24(32)29-15-23(27)28-14-17-5-8-19(35-2)9-6-17/h5-10,13,15-16H,3-4,11-12,14H2,1-2H3,(H2,27,28)(H,30,34)/b29-15-. The second kappa shape index (κ2) is 10.8. The largest absolute Gasteiger partial charge is 0.497 e. The van der Waals surface area contributed by atoms with E-state index in [0.717, 1.165) is 37.2 Å². The summed E-state index contributed by atoms with van der Waals surface area (Å²) in [5.41, 5.74) is 8.11. The molecule has 3 aromatic rings. The van der Waals surface area contributed by atoms with Crippen LogP contribution in [0.25, 0.3) is 11.3 Å². The molecule has 0 bridgehead atoms. The first kappa shape index (κ1) is 23.9. The van der Waals surface area contributed by atoms with E-state index in [4.69, 9.17) is 10.5 Å². The zero-order valence-electron chi connectivity index (χ0n) is 19.7. The van der Waals surface area contributed by atoms with Crippen LogP contribution >= 0.6 is 0 Å². The molecule has 0 atom stereocenters. The number of benzene rings is 2. The lowest BCUT2D eigenvalue weighted by Gasteiger charge is -2.16. The van der Waals surface area contributed by atoms with Crippen LogP contribution in [0.2, 0.25) is 0 Å². The lowest BCUT2D eigenvalue weighted by Crippen LogP contribution is -2.32. The van der Waals surface area contributed by atoms with Gasteiger partial charge in [-0.3, -0.25) is 4.99 Å². The maximum Gasteiger partial charge on any atom is 0.321 e. The highest BCUT2D eigenvalue weighted by molar-refractivity contribution is 6.29. The molecule has 0 spiro atoms. The van der Waals surface area contributed by atoms with Gasteiger partial charge < -0.3 is 25.3 Å². The highest BCUT2D eigenvalue weighted by atomic mass is 19.1. The highest BCUT2D eigenvalue weighted by Gasteiger charge is 2.19. The molecular weight excluding hydrogens is 449 g/mol. The quantitative estimate of drug-likeness (QED) is 0.394. The smallest absolute Gasteiger partial charge is 0.321 e. The summed E-state index contributed by atoms with van der Waals surface area (Å²) in [6.45, 7) is 1.86. The number of amides is 2. The fourth-order valence-electron chi connectivity index (χ4n) is 3.71. The minimum absolute atomic E-state index is 0.184. The number of ether oxygens (including phenoxy) is 1. The number of urea groups is 1. The number of carbonyl (C=O) groups excluding carboxylic acids is 1. The highest BCUT2D eigenvalue weighted by Crippen LogP contribution is 2.27. The van der Waals surface area contributed by atoms with E-state index in [9.17, 15) is 9.18 Å². The van der Waals surface area contributed by atoms with Crippen molar-refractivity contribution in [2.45, 2.75) is 19.4 Å². The van der Waals surface area contributed by atoms with Crippen LogP contribution in [0.1, 0.15) is 18.4 Å². The summed E-state index contributed by atoms with van der Waals surface area (Å²) in [6, 6.07) is 11.8. The number of aliphatic imine (C=N–C) groups is 2. The van der Waals surface area contributed by atoms with Crippen LogP contribution in [0.3, 0.4) is 0 Å². The van der Waals surface area contributed by atoms with Crippen molar-refractivity contribution in [1.29, 1.82) is 0 Å². The number of nitrogens with zero attached hydrogens (tertiary/aromatic N) is 5. The van der Waals surface area contributed by atoms with Crippen LogP contribution in [0.4, 0.5) is 20.8 Å². The zero-order valence-corrected chi connectivity index (χ0v) is 19.7. The molecule has 0 radical (unpaired) electrons. The molecule has 9 nitrogen and oxygen atoms in total. The molecule has 35 heavy (non-hydrogen) atoms. The molecule has 182 valence electrons. The third-order valence-corrected chi connectivity index (χ3v) is 5.65. The van der Waals surface area contributed by atoms with Gasteiger partial charge in [0.15, 0.2) is 0 Å². The normalized spacial score (nSPS) is 14.0. The van der Waals surface area contributed by atoms with Crippen molar-refractivity contribution >= 4 is 29.7 Å². The Morgan fingerprint density at radius 3 is 2.69 bits per heavy atom. The van der Waals surface area contributed by atoms with Gasteiger partial charge in [0.2, 0.25) is 5.95 Å². The number of nitrogens with two attached hydrogens (primary N) is 1. The number of methoxy groups -OCH3 is 1. The number of aromatic nitrogens is 2. The fraction of sp³-hybridized carbons (Fsp3) is 0.280. The van der Waals surface area contributed by atoms with Crippen LogP contribution in [-0.4, -0.2) is 52.7 Å². The molecule has 0 saturated carbocycles. The molecule has 4 rings (SSSR count). The first-order valence-corrected chi connectivity index (χ1v) is 11.3. The Balaban J connectivity index is 1.45. The van der Waals surface area contributed by atoms with Crippen molar-refractivity contribution in [1.82, 2.24) is 14.5 Å². The molecule has 3 N–H and O–H groups in total. The fourth-order valence-corrected chi connectivity index (χ4v) is 3.71. The topological polar surface area (TPSA) is 110 Å². The van der Waals surface area contributed by atoms with Crippen molar-refractivity contribution in [3.63, 3.8) is 0 Å². The molecule has 1 fully saturated rings. The predicted molar refractivity (Wildman–Crippen MR) is 135 cm³/mol. The number of hydrogen-bond acceptors (Lipinski definition) is 5. The Morgan fingerprint density at radius 1 is 1.23 bits per heavy atom. The van der Waals surface area contributed by atoms with Crippen LogP contribution < -0.4 is 15.8 Å². The van der Waals surface area contributed by atoms with E-state index in [1.165, 1.54) is 18.3 Å². The van der Waals surface area contributed by atoms with E-state index in [-0.39, 0.29) is 17.4 Å². The third kappa shape index (κ3) is 6.03. The molecule has 2 aromatic carbocycles. The van der Waals surface area contributed by atoms with Gasteiger partial charge in [-0.1, -0.05) is 12.1 Å². The van der Waals surface area contributed by atoms with Gasteiger partial charge in [-0.15, -0.1) is 0 Å². The van der Waals surface area contributed by atoms with Crippen molar-refractivity contribution in [2.75, 3.05) is 25.5 Å². The summed E-state index contributed by atoms with van der Waals surface area (Å²) in [5, 5.41) is 2.83. The maximum atomic E-state index is 14.6. The van der Waals surface area contributed by atoms with E-state index < -0.39 is 5.82 Å². The molecule has 2 heterocycles. The van der Waals surface area contributed by atoms with Gasteiger partial charge in [0.1, 0.15) is 17.4 Å². The zero-order chi connectivity index (χ0) is 24.8. The molecule has 10 heteroatoms. The average molecular weight is 478 g/mol. The van der Waals surface area contributed by atoms with Crippen molar-refractivity contribution in [3.05, 3.63) is 60.0 Å². The average Bonchev–Trinajstić information content (AvgIpc) is 3.53. The Morgan fingerprint density at radius 2 is 1.97 bits per heavy atom. The number of carbonyl (C=O) groups is 1. The molecule has 0 unspecified atom stereocenters. The van der Waals surface area contributed by atoms with Gasteiger partial charge in [-0.2, -0.15) is 0 Å². The first-order chi connectivity index (χ1) is 16.9. The van der Waals surface area contributed by atoms with Crippen LogP contribution in [0, 0.1) is 5.82 Å². The SMILES string of the molecule is COc1ccc(CN=C(N)/C=N\c2nc(-c3cc(NC(=O)N4CCCC4)ccc3F)cn2C)cc1. The van der Waals surface area contributed by atoms with Crippen LogP contribution in [-0.2, 0) is 13.6 Å². The summed E-state index contributed by atoms with van der Waals surface area (Å²) < 4.78 is 21.4. The number of likely N-dealkylation sites (tertiary alicyclic amines) is 1. The van der Waals surface area contributed by atoms with Crippen LogP contribution in [0.15, 0.2) is 58.6 Å². The molecule has 2 amide bonds. The summed E-state index contributed by atoms with van der Waals surface area (Å²) in [7, 11) is 3.37. The second-order valence-corrected chi connectivity index (χ2v) is 8.20. The van der Waals surface area contributed by atoms with Gasteiger partial charge in [0.25, 0.3) is 0 Å². The van der Waals surface area contributed by atoms with E-state index in [1.807, 2.05) is 24.3 Å². The Hall–Kier alpha value is -4.21. The first-order valence-electron chi connectivity index (χ1n) is 11.3. The maximum absolute atomic E-state index is 14.6. The molecule has 1 saturated heterocycles. The number of anilines is 1. The summed E-state index contributed by atoms with van der Waals surface area (Å²) in [5.74, 6) is 0.906. The minimum Gasteiger partial charge on any atom is -0.497 e. The van der Waals surface area contributed by atoms with Crippen LogP contribution in [0.5, 0.6) is 5.75 Å². The Kier molecular flexibility index (Phi) is 7.39. The third-order valence-electron chi connectivity index (χ3n) is 5.65.